The van der Waals surface area contributed by atoms with E-state index in [1.165, 1.54) is 6.08 Å². The normalized spacial score (nSPS) is 13.4. The van der Waals surface area contributed by atoms with Crippen molar-refractivity contribution in [3.8, 4) is 0 Å². The Hall–Kier alpha value is -0.373. The molecule has 0 radical (unpaired) electrons. The first kappa shape index (κ1) is 13.6. The molecular weight excluding hydrogens is 192 g/mol. The van der Waals surface area contributed by atoms with E-state index in [1.54, 1.807) is 0 Å². The van der Waals surface area contributed by atoms with Gasteiger partial charge in [-0.25, -0.2) is 4.79 Å². The summed E-state index contributed by atoms with van der Waals surface area (Å²) in [4.78, 5) is 10.3. The van der Waals surface area contributed by atoms with Gasteiger partial charge in [-0.2, -0.15) is 0 Å². The van der Waals surface area contributed by atoms with Crippen LogP contribution in [0.1, 0.15) is 34.1 Å². The van der Waals surface area contributed by atoms with Crippen LogP contribution in [-0.4, -0.2) is 20.4 Å². The van der Waals surface area contributed by atoms with Gasteiger partial charge in [-0.1, -0.05) is 27.7 Å². The third-order valence-corrected chi connectivity index (χ3v) is 7.66. The molecule has 0 aromatic carbocycles. The summed E-state index contributed by atoms with van der Waals surface area (Å²) < 4.78 is 6.10. The minimum Gasteiger partial charge on any atom is -0.410 e. The van der Waals surface area contributed by atoms with Crippen LogP contribution < -0.4 is 0 Å². The highest BCUT2D eigenvalue weighted by Crippen LogP contribution is 2.24. The molecule has 0 heterocycles. The van der Waals surface area contributed by atoms with Crippen LogP contribution in [0.2, 0.25) is 18.1 Å². The number of carbonyl (C=O) groups excluding carboxylic acids is 1. The Labute approximate surface area is 88.5 Å². The van der Waals surface area contributed by atoms with Crippen LogP contribution >= 0.6 is 0 Å². The molecule has 0 rings (SSSR count). The summed E-state index contributed by atoms with van der Waals surface area (Å²) in [6.45, 7) is 8.61. The molecule has 0 bridgehead atoms. The van der Waals surface area contributed by atoms with Crippen molar-refractivity contribution in [2.24, 2.45) is 0 Å². The van der Waals surface area contributed by atoms with E-state index in [9.17, 15) is 4.79 Å². The molecule has 0 saturated heterocycles. The van der Waals surface area contributed by atoms with Crippen molar-refractivity contribution in [1.82, 2.24) is 0 Å². The van der Waals surface area contributed by atoms with Gasteiger partial charge in [0.15, 0.2) is 8.32 Å². The van der Waals surface area contributed by atoms with Gasteiger partial charge in [-0.3, -0.25) is 0 Å². The average molecular weight is 214 g/mol. The van der Waals surface area contributed by atoms with Crippen molar-refractivity contribution >= 4 is 14.3 Å². The van der Waals surface area contributed by atoms with Gasteiger partial charge in [0.25, 0.3) is 0 Å². The molecule has 14 heavy (non-hydrogen) atoms. The van der Waals surface area contributed by atoms with E-state index in [4.69, 9.17) is 4.43 Å². The van der Waals surface area contributed by atoms with E-state index in [0.717, 1.165) is 24.6 Å². The summed E-state index contributed by atoms with van der Waals surface area (Å²) >= 11 is 0. The van der Waals surface area contributed by atoms with Gasteiger partial charge in [0.05, 0.1) is 6.10 Å². The molecule has 0 fully saturated rings. The van der Waals surface area contributed by atoms with Crippen molar-refractivity contribution in [2.45, 2.75) is 58.4 Å². The van der Waals surface area contributed by atoms with Crippen molar-refractivity contribution in [3.05, 3.63) is 6.08 Å². The highest BCUT2D eigenvalue weighted by Gasteiger charge is 2.30. The molecule has 0 aromatic heterocycles. The first-order valence-electron chi connectivity index (χ1n) is 5.56. The van der Waals surface area contributed by atoms with E-state index in [1.807, 2.05) is 12.9 Å². The molecule has 1 atom stereocenters. The van der Waals surface area contributed by atoms with Gasteiger partial charge < -0.3 is 4.43 Å². The molecule has 0 amide bonds. The van der Waals surface area contributed by atoms with E-state index in [2.05, 4.69) is 20.8 Å². The van der Waals surface area contributed by atoms with Gasteiger partial charge in [-0.15, -0.1) is 0 Å². The fourth-order valence-corrected chi connectivity index (χ4v) is 4.51. The first-order chi connectivity index (χ1) is 6.67. The summed E-state index contributed by atoms with van der Waals surface area (Å²) in [7, 11) is -1.55. The molecule has 82 valence electrons. The summed E-state index contributed by atoms with van der Waals surface area (Å²) in [6.07, 6.45) is 2.37. The van der Waals surface area contributed by atoms with Gasteiger partial charge >= 0.3 is 0 Å². The fraction of sp³-hybridized carbons (Fsp3) is 0.818. The number of hydrogen-bond donors (Lipinski definition) is 0. The Balaban J connectivity index is 4.46. The summed E-state index contributed by atoms with van der Waals surface area (Å²) in [5.74, 6) is 1.84. The molecule has 0 aliphatic heterocycles. The Morgan fingerprint density at radius 3 is 2.00 bits per heavy atom. The number of rotatable bonds is 7. The molecule has 2 nitrogen and oxygen atoms in total. The van der Waals surface area contributed by atoms with E-state index >= 15 is 0 Å². The third-order valence-electron chi connectivity index (χ3n) is 2.99. The highest BCUT2D eigenvalue weighted by molar-refractivity contribution is 6.73. The minimum absolute atomic E-state index is 0.0148. The fourth-order valence-electron chi connectivity index (χ4n) is 1.63. The molecule has 0 saturated carbocycles. The molecular formula is C11H22O2Si. The van der Waals surface area contributed by atoms with Crippen LogP contribution in [0.4, 0.5) is 0 Å². The zero-order valence-electron chi connectivity index (χ0n) is 9.80. The summed E-state index contributed by atoms with van der Waals surface area (Å²) in [6, 6.07) is 3.38. The van der Waals surface area contributed by atoms with Crippen molar-refractivity contribution in [3.63, 3.8) is 0 Å². The lowest BCUT2D eigenvalue weighted by molar-refractivity contribution is 0.229. The van der Waals surface area contributed by atoms with Gasteiger partial charge in [0.1, 0.15) is 5.94 Å². The SMILES string of the molecule is CCC(C=C=O)O[Si](CC)(CC)CC. The maximum atomic E-state index is 10.3. The second-order valence-corrected chi connectivity index (χ2v) is 8.32. The van der Waals surface area contributed by atoms with Gasteiger partial charge in [0, 0.05) is 6.08 Å². The van der Waals surface area contributed by atoms with Gasteiger partial charge in [-0.05, 0) is 24.6 Å². The maximum absolute atomic E-state index is 10.3. The average Bonchev–Trinajstić information content (AvgIpc) is 2.25. The smallest absolute Gasteiger partial charge is 0.192 e. The van der Waals surface area contributed by atoms with Crippen LogP contribution in [0.25, 0.3) is 0 Å². The maximum Gasteiger partial charge on any atom is 0.192 e. The monoisotopic (exact) mass is 214 g/mol. The molecule has 0 N–H and O–H groups in total. The Morgan fingerprint density at radius 1 is 1.21 bits per heavy atom. The van der Waals surface area contributed by atoms with Crippen molar-refractivity contribution in [1.29, 1.82) is 0 Å². The molecule has 0 aliphatic carbocycles. The Bertz CT molecular complexity index is 185. The van der Waals surface area contributed by atoms with Crippen molar-refractivity contribution in [2.75, 3.05) is 0 Å². The second-order valence-electron chi connectivity index (χ2n) is 3.59. The van der Waals surface area contributed by atoms with Crippen LogP contribution in [0.3, 0.4) is 0 Å². The molecule has 1 unspecified atom stereocenters. The van der Waals surface area contributed by atoms with Crippen LogP contribution in [0.15, 0.2) is 6.08 Å². The zero-order valence-corrected chi connectivity index (χ0v) is 10.8. The van der Waals surface area contributed by atoms with Crippen molar-refractivity contribution < 1.29 is 9.22 Å². The predicted molar refractivity (Wildman–Crippen MR) is 62.6 cm³/mol. The summed E-state index contributed by atoms with van der Waals surface area (Å²) in [5, 5.41) is 0. The van der Waals surface area contributed by atoms with Crippen LogP contribution in [0, 0.1) is 0 Å². The molecule has 3 heteroatoms. The molecule has 0 spiro atoms. The summed E-state index contributed by atoms with van der Waals surface area (Å²) in [5.41, 5.74) is 0. The number of hydrogen-bond acceptors (Lipinski definition) is 2. The third kappa shape index (κ3) is 3.78. The van der Waals surface area contributed by atoms with E-state index in [0.29, 0.717) is 0 Å². The van der Waals surface area contributed by atoms with E-state index < -0.39 is 8.32 Å². The predicted octanol–water partition coefficient (Wildman–Crippen LogP) is 3.17. The van der Waals surface area contributed by atoms with E-state index in [-0.39, 0.29) is 6.10 Å². The Kier molecular flexibility index (Phi) is 6.80. The zero-order chi connectivity index (χ0) is 11.0. The largest absolute Gasteiger partial charge is 0.410 e. The molecule has 0 aliphatic rings. The first-order valence-corrected chi connectivity index (χ1v) is 8.09. The lowest BCUT2D eigenvalue weighted by atomic mass is 10.3. The lowest BCUT2D eigenvalue weighted by Gasteiger charge is -2.31. The topological polar surface area (TPSA) is 26.3 Å². The second kappa shape index (κ2) is 6.99. The lowest BCUT2D eigenvalue weighted by Crippen LogP contribution is -2.39. The Morgan fingerprint density at radius 2 is 1.71 bits per heavy atom. The standard InChI is InChI=1S/C11H22O2Si/c1-5-11(9-10-12)13-14(6-2,7-3)8-4/h9,11H,5-8H2,1-4H3. The van der Waals surface area contributed by atoms with Crippen LogP contribution in [-0.2, 0) is 9.22 Å². The van der Waals surface area contributed by atoms with Gasteiger partial charge in [0.2, 0.25) is 0 Å². The van der Waals surface area contributed by atoms with Crippen LogP contribution in [0.5, 0.6) is 0 Å². The minimum atomic E-state index is -1.55. The molecule has 0 aromatic rings. The highest BCUT2D eigenvalue weighted by atomic mass is 28.4. The quantitative estimate of drug-likeness (QED) is 0.480.